The van der Waals surface area contributed by atoms with Crippen LogP contribution in [-0.4, -0.2) is 24.1 Å². The van der Waals surface area contributed by atoms with E-state index >= 15 is 0 Å². The number of halogens is 3. The number of hydrogen-bond donors (Lipinski definition) is 1. The third-order valence-corrected chi connectivity index (χ3v) is 4.00. The number of oxazole rings is 1. The number of benzene rings is 2. The fourth-order valence-electron chi connectivity index (χ4n) is 2.64. The molecule has 0 bridgehead atoms. The highest BCUT2D eigenvalue weighted by Crippen LogP contribution is 2.32. The van der Waals surface area contributed by atoms with Crippen molar-refractivity contribution in [3.63, 3.8) is 0 Å². The lowest BCUT2D eigenvalue weighted by molar-refractivity contribution is -0.137. The molecule has 3 rings (SSSR count). The van der Waals surface area contributed by atoms with E-state index < -0.39 is 17.6 Å². The number of aromatic nitrogens is 1. The lowest BCUT2D eigenvalue weighted by atomic mass is 10.1. The van der Waals surface area contributed by atoms with Crippen LogP contribution in [0.25, 0.3) is 11.5 Å². The van der Waals surface area contributed by atoms with E-state index in [0.717, 1.165) is 18.4 Å². The smallest absolute Gasteiger partial charge is 0.416 e. The van der Waals surface area contributed by atoms with E-state index in [2.05, 4.69) is 10.3 Å². The van der Waals surface area contributed by atoms with Crippen LogP contribution in [0.3, 0.4) is 0 Å². The zero-order valence-electron chi connectivity index (χ0n) is 16.2. The topological polar surface area (TPSA) is 73.6 Å². The molecule has 2 aromatic carbocycles. The Morgan fingerprint density at radius 3 is 2.33 bits per heavy atom. The molecule has 0 radical (unpaired) electrons. The quantitative estimate of drug-likeness (QED) is 0.553. The summed E-state index contributed by atoms with van der Waals surface area (Å²) in [5.41, 5.74) is -0.0131. The molecular formula is C21H19F3N2O4. The SMILES string of the molecule is CCOc1ccc(NC(=O)c2coc(-c3ccc(C(F)(F)F)cc3)n2)cc1OCC. The maximum absolute atomic E-state index is 12.7. The number of nitrogens with one attached hydrogen (secondary N) is 1. The van der Waals surface area contributed by atoms with E-state index in [-0.39, 0.29) is 11.6 Å². The molecule has 30 heavy (non-hydrogen) atoms. The van der Waals surface area contributed by atoms with Crippen molar-refractivity contribution in [3.8, 4) is 23.0 Å². The van der Waals surface area contributed by atoms with Gasteiger partial charge in [-0.25, -0.2) is 4.98 Å². The first-order valence-electron chi connectivity index (χ1n) is 9.16. The Morgan fingerprint density at radius 2 is 1.70 bits per heavy atom. The highest BCUT2D eigenvalue weighted by atomic mass is 19.4. The summed E-state index contributed by atoms with van der Waals surface area (Å²) >= 11 is 0. The monoisotopic (exact) mass is 420 g/mol. The fraction of sp³-hybridized carbons (Fsp3) is 0.238. The lowest BCUT2D eigenvalue weighted by Crippen LogP contribution is -2.12. The van der Waals surface area contributed by atoms with Crippen LogP contribution in [0.1, 0.15) is 29.9 Å². The van der Waals surface area contributed by atoms with Crippen LogP contribution in [0.4, 0.5) is 18.9 Å². The Morgan fingerprint density at radius 1 is 1.03 bits per heavy atom. The van der Waals surface area contributed by atoms with Crippen LogP contribution in [0.5, 0.6) is 11.5 Å². The molecule has 0 aliphatic rings. The first-order valence-corrected chi connectivity index (χ1v) is 9.16. The van der Waals surface area contributed by atoms with E-state index in [4.69, 9.17) is 13.9 Å². The van der Waals surface area contributed by atoms with Gasteiger partial charge in [-0.2, -0.15) is 13.2 Å². The van der Waals surface area contributed by atoms with E-state index in [1.807, 2.05) is 13.8 Å². The van der Waals surface area contributed by atoms with Gasteiger partial charge in [-0.15, -0.1) is 0 Å². The molecule has 0 saturated carbocycles. The van der Waals surface area contributed by atoms with E-state index in [1.54, 1.807) is 18.2 Å². The zero-order valence-corrected chi connectivity index (χ0v) is 16.2. The highest BCUT2D eigenvalue weighted by molar-refractivity contribution is 6.03. The molecular weight excluding hydrogens is 401 g/mol. The number of rotatable bonds is 7. The molecule has 3 aromatic rings. The van der Waals surface area contributed by atoms with E-state index in [1.165, 1.54) is 12.1 Å². The normalized spacial score (nSPS) is 11.2. The van der Waals surface area contributed by atoms with Crippen molar-refractivity contribution in [2.24, 2.45) is 0 Å². The van der Waals surface area contributed by atoms with Crippen LogP contribution in [-0.2, 0) is 6.18 Å². The standard InChI is InChI=1S/C21H19F3N2O4/c1-3-28-17-10-9-15(11-18(17)29-4-2)25-19(27)16-12-30-20(26-16)13-5-7-14(8-6-13)21(22,23)24/h5-12H,3-4H2,1-2H3,(H,25,27). The summed E-state index contributed by atoms with van der Waals surface area (Å²) in [6, 6.07) is 9.28. The minimum atomic E-state index is -4.43. The van der Waals surface area contributed by atoms with Crippen molar-refractivity contribution < 1.29 is 31.9 Å². The second-order valence-electron chi connectivity index (χ2n) is 6.09. The molecule has 0 spiro atoms. The van der Waals surface area contributed by atoms with E-state index in [0.29, 0.717) is 36.0 Å². The van der Waals surface area contributed by atoms with Gasteiger partial charge in [-0.3, -0.25) is 4.79 Å². The molecule has 1 heterocycles. The van der Waals surface area contributed by atoms with Gasteiger partial charge in [0.25, 0.3) is 5.91 Å². The third-order valence-electron chi connectivity index (χ3n) is 4.00. The van der Waals surface area contributed by atoms with Crippen molar-refractivity contribution in [2.75, 3.05) is 18.5 Å². The van der Waals surface area contributed by atoms with Crippen LogP contribution >= 0.6 is 0 Å². The number of carbonyl (C=O) groups excluding carboxylic acids is 1. The molecule has 1 amide bonds. The van der Waals surface area contributed by atoms with Crippen LogP contribution in [0, 0.1) is 0 Å². The summed E-state index contributed by atoms with van der Waals surface area (Å²) < 4.78 is 54.3. The summed E-state index contributed by atoms with van der Waals surface area (Å²) in [7, 11) is 0. The minimum absolute atomic E-state index is 0.0169. The zero-order chi connectivity index (χ0) is 21.7. The van der Waals surface area contributed by atoms with Gasteiger partial charge in [0.2, 0.25) is 5.89 Å². The number of carbonyl (C=O) groups is 1. The Hall–Kier alpha value is -3.49. The highest BCUT2D eigenvalue weighted by Gasteiger charge is 2.30. The number of alkyl halides is 3. The molecule has 0 aliphatic carbocycles. The largest absolute Gasteiger partial charge is 0.490 e. The second kappa shape index (κ2) is 8.89. The molecule has 158 valence electrons. The van der Waals surface area contributed by atoms with Crippen molar-refractivity contribution in [2.45, 2.75) is 20.0 Å². The summed E-state index contributed by atoms with van der Waals surface area (Å²) in [4.78, 5) is 16.5. The van der Waals surface area contributed by atoms with Crippen LogP contribution < -0.4 is 14.8 Å². The minimum Gasteiger partial charge on any atom is -0.490 e. The maximum Gasteiger partial charge on any atom is 0.416 e. The first-order chi connectivity index (χ1) is 14.3. The van der Waals surface area contributed by atoms with Gasteiger partial charge < -0.3 is 19.2 Å². The molecule has 0 fully saturated rings. The molecule has 0 atom stereocenters. The Bertz CT molecular complexity index is 1010. The maximum atomic E-state index is 12.7. The Labute approximate surface area is 170 Å². The summed E-state index contributed by atoms with van der Waals surface area (Å²) in [5, 5.41) is 2.67. The predicted molar refractivity (Wildman–Crippen MR) is 104 cm³/mol. The van der Waals surface area contributed by atoms with Crippen molar-refractivity contribution in [1.29, 1.82) is 0 Å². The summed E-state index contributed by atoms with van der Waals surface area (Å²) in [6.45, 7) is 4.58. The molecule has 1 N–H and O–H groups in total. The first kappa shape index (κ1) is 21.2. The van der Waals surface area contributed by atoms with Gasteiger partial charge >= 0.3 is 6.18 Å². The van der Waals surface area contributed by atoms with Gasteiger partial charge in [0.1, 0.15) is 6.26 Å². The lowest BCUT2D eigenvalue weighted by Gasteiger charge is -2.12. The summed E-state index contributed by atoms with van der Waals surface area (Å²) in [6.07, 6.45) is -3.29. The van der Waals surface area contributed by atoms with E-state index in [9.17, 15) is 18.0 Å². The molecule has 9 heteroatoms. The average Bonchev–Trinajstić information content (AvgIpc) is 3.20. The molecule has 6 nitrogen and oxygen atoms in total. The van der Waals surface area contributed by atoms with Gasteiger partial charge in [0.15, 0.2) is 17.2 Å². The number of hydrogen-bond acceptors (Lipinski definition) is 5. The van der Waals surface area contributed by atoms with Gasteiger partial charge in [0.05, 0.1) is 18.8 Å². The van der Waals surface area contributed by atoms with Gasteiger partial charge in [-0.1, -0.05) is 0 Å². The summed E-state index contributed by atoms with van der Waals surface area (Å²) in [5.74, 6) is 0.546. The Kier molecular flexibility index (Phi) is 6.29. The molecule has 0 unspecified atom stereocenters. The molecule has 0 saturated heterocycles. The van der Waals surface area contributed by atoms with Crippen molar-refractivity contribution in [1.82, 2.24) is 4.98 Å². The molecule has 1 aromatic heterocycles. The van der Waals surface area contributed by atoms with Crippen LogP contribution in [0.2, 0.25) is 0 Å². The van der Waals surface area contributed by atoms with Gasteiger partial charge in [0, 0.05) is 17.3 Å². The predicted octanol–water partition coefficient (Wildman–Crippen LogP) is 5.41. The van der Waals surface area contributed by atoms with Gasteiger partial charge in [-0.05, 0) is 50.2 Å². The third kappa shape index (κ3) is 4.91. The van der Waals surface area contributed by atoms with Crippen molar-refractivity contribution in [3.05, 3.63) is 60.0 Å². The average molecular weight is 420 g/mol. The Balaban J connectivity index is 1.74. The number of ether oxygens (including phenoxy) is 2. The number of anilines is 1. The molecule has 0 aliphatic heterocycles. The number of nitrogens with zero attached hydrogens (tertiary/aromatic N) is 1. The fourth-order valence-corrected chi connectivity index (χ4v) is 2.64. The number of amides is 1. The second-order valence-corrected chi connectivity index (χ2v) is 6.09. The van der Waals surface area contributed by atoms with Crippen molar-refractivity contribution >= 4 is 11.6 Å². The van der Waals surface area contributed by atoms with Crippen LogP contribution in [0.15, 0.2) is 53.1 Å².